The summed E-state index contributed by atoms with van der Waals surface area (Å²) < 4.78 is 0. The number of nitrogens with zero attached hydrogens (tertiary/aromatic N) is 2. The molecule has 0 bridgehead atoms. The van der Waals surface area contributed by atoms with Crippen LogP contribution >= 0.6 is 0 Å². The molecule has 0 radical (unpaired) electrons. The highest BCUT2D eigenvalue weighted by molar-refractivity contribution is 5.32. The molecule has 0 spiro atoms. The minimum absolute atomic E-state index is 0. The van der Waals surface area contributed by atoms with E-state index in [1.54, 1.807) is 0 Å². The van der Waals surface area contributed by atoms with Crippen molar-refractivity contribution in [2.75, 3.05) is 33.2 Å². The molecule has 1 heterocycles. The van der Waals surface area contributed by atoms with Gasteiger partial charge < -0.3 is 4.90 Å². The minimum atomic E-state index is 0. The zero-order valence-electron chi connectivity index (χ0n) is 20.2. The Hall–Kier alpha value is -1.64. The fraction of sp³-hybridized carbons (Fsp3) is 0.571. The lowest BCUT2D eigenvalue weighted by molar-refractivity contribution is 0.148. The normalized spacial score (nSPS) is 14.3. The summed E-state index contributed by atoms with van der Waals surface area (Å²) in [4.78, 5) is 4.97. The highest BCUT2D eigenvalue weighted by Crippen LogP contribution is 2.20. The quantitative estimate of drug-likeness (QED) is 0.518. The first-order valence-electron chi connectivity index (χ1n) is 11.4. The van der Waals surface area contributed by atoms with Gasteiger partial charge in [-0.2, -0.15) is 0 Å². The molecule has 2 heteroatoms. The van der Waals surface area contributed by atoms with Crippen molar-refractivity contribution in [2.45, 2.75) is 74.3 Å². The van der Waals surface area contributed by atoms with Gasteiger partial charge >= 0.3 is 0 Å². The van der Waals surface area contributed by atoms with E-state index in [-0.39, 0.29) is 7.43 Å². The number of piperazine rings is 1. The maximum atomic E-state index is 2.57. The molecule has 1 aliphatic rings. The van der Waals surface area contributed by atoms with Gasteiger partial charge in [-0.15, -0.1) is 0 Å². The van der Waals surface area contributed by atoms with Gasteiger partial charge in [0.25, 0.3) is 0 Å². The summed E-state index contributed by atoms with van der Waals surface area (Å²) >= 11 is 0. The molecule has 30 heavy (non-hydrogen) atoms. The minimum Gasteiger partial charge on any atom is -0.304 e. The molecule has 0 N–H and O–H groups in total. The predicted molar refractivity (Wildman–Crippen MR) is 137 cm³/mol. The maximum Gasteiger partial charge on any atom is 0.0237 e. The van der Waals surface area contributed by atoms with E-state index in [0.29, 0.717) is 11.8 Å². The highest BCUT2D eigenvalue weighted by Gasteiger charge is 2.14. The van der Waals surface area contributed by atoms with Crippen molar-refractivity contribution in [1.82, 2.24) is 9.80 Å². The van der Waals surface area contributed by atoms with Gasteiger partial charge in [-0.3, -0.25) is 4.90 Å². The first-order chi connectivity index (χ1) is 13.9. The molecule has 0 unspecified atom stereocenters. The van der Waals surface area contributed by atoms with Gasteiger partial charge in [0.15, 0.2) is 0 Å². The SMILES string of the molecule is C.CC.CC(C)c1ccccc1.Cc1cc(C(C)C)ccc1CN1CCN(C)CC1. The maximum absolute atomic E-state index is 2.57. The second-order valence-electron chi connectivity index (χ2n) is 8.49. The lowest BCUT2D eigenvalue weighted by Crippen LogP contribution is -2.43. The fourth-order valence-electron chi connectivity index (χ4n) is 3.34. The van der Waals surface area contributed by atoms with Crippen LogP contribution in [0.3, 0.4) is 0 Å². The van der Waals surface area contributed by atoms with Crippen LogP contribution in [0.4, 0.5) is 0 Å². The van der Waals surface area contributed by atoms with Gasteiger partial charge in [-0.05, 0) is 48.1 Å². The Kier molecular flexibility index (Phi) is 14.4. The smallest absolute Gasteiger partial charge is 0.0237 e. The summed E-state index contributed by atoms with van der Waals surface area (Å²) in [7, 11) is 2.21. The third kappa shape index (κ3) is 9.91. The van der Waals surface area contributed by atoms with Crippen molar-refractivity contribution >= 4 is 0 Å². The molecule has 1 aliphatic heterocycles. The second kappa shape index (κ2) is 15.2. The van der Waals surface area contributed by atoms with E-state index in [4.69, 9.17) is 0 Å². The van der Waals surface area contributed by atoms with Crippen molar-refractivity contribution in [3.05, 3.63) is 70.8 Å². The third-order valence-corrected chi connectivity index (χ3v) is 5.49. The van der Waals surface area contributed by atoms with Crippen molar-refractivity contribution in [3.8, 4) is 0 Å². The first kappa shape index (κ1) is 28.4. The molecule has 1 saturated heterocycles. The summed E-state index contributed by atoms with van der Waals surface area (Å²) in [5.74, 6) is 1.28. The van der Waals surface area contributed by atoms with Gasteiger partial charge in [-0.25, -0.2) is 0 Å². The largest absolute Gasteiger partial charge is 0.304 e. The molecule has 170 valence electrons. The van der Waals surface area contributed by atoms with Gasteiger partial charge in [-0.1, -0.05) is 97.5 Å². The Labute approximate surface area is 188 Å². The molecular weight excluding hydrogens is 364 g/mol. The second-order valence-corrected chi connectivity index (χ2v) is 8.49. The molecule has 0 aliphatic carbocycles. The summed E-state index contributed by atoms with van der Waals surface area (Å²) in [6.07, 6.45) is 0. The zero-order chi connectivity index (χ0) is 21.8. The summed E-state index contributed by atoms with van der Waals surface area (Å²) in [6.45, 7) is 21.1. The lowest BCUT2D eigenvalue weighted by Gasteiger charge is -2.32. The van der Waals surface area contributed by atoms with Gasteiger partial charge in [0.05, 0.1) is 0 Å². The lowest BCUT2D eigenvalue weighted by atomic mass is 9.97. The number of aryl methyl sites for hydroxylation is 1. The average molecular weight is 413 g/mol. The Morgan fingerprint density at radius 3 is 1.73 bits per heavy atom. The molecule has 1 fully saturated rings. The van der Waals surface area contributed by atoms with Crippen LogP contribution < -0.4 is 0 Å². The number of hydrogen-bond donors (Lipinski definition) is 0. The Bertz CT molecular complexity index is 668. The van der Waals surface area contributed by atoms with E-state index in [2.05, 4.69) is 93.9 Å². The van der Waals surface area contributed by atoms with Crippen molar-refractivity contribution < 1.29 is 0 Å². The van der Waals surface area contributed by atoms with Crippen molar-refractivity contribution in [3.63, 3.8) is 0 Å². The molecule has 2 nitrogen and oxygen atoms in total. The van der Waals surface area contributed by atoms with Crippen molar-refractivity contribution in [1.29, 1.82) is 0 Å². The molecule has 2 aromatic rings. The Balaban J connectivity index is 0.000000594. The summed E-state index contributed by atoms with van der Waals surface area (Å²) in [5.41, 5.74) is 5.80. The third-order valence-electron chi connectivity index (χ3n) is 5.49. The first-order valence-corrected chi connectivity index (χ1v) is 11.4. The molecule has 0 amide bonds. The van der Waals surface area contributed by atoms with Crippen LogP contribution in [-0.4, -0.2) is 43.0 Å². The number of rotatable bonds is 4. The number of benzene rings is 2. The van der Waals surface area contributed by atoms with Crippen LogP contribution in [-0.2, 0) is 6.54 Å². The van der Waals surface area contributed by atoms with E-state index in [1.165, 1.54) is 48.4 Å². The molecule has 0 saturated carbocycles. The molecular formula is C28H48N2. The van der Waals surface area contributed by atoms with E-state index in [1.807, 2.05) is 19.9 Å². The molecule has 3 rings (SSSR count). The van der Waals surface area contributed by atoms with E-state index in [9.17, 15) is 0 Å². The molecule has 0 aromatic heterocycles. The van der Waals surface area contributed by atoms with Gasteiger partial charge in [0.2, 0.25) is 0 Å². The van der Waals surface area contributed by atoms with Crippen LogP contribution in [0.2, 0.25) is 0 Å². The van der Waals surface area contributed by atoms with E-state index < -0.39 is 0 Å². The summed E-state index contributed by atoms with van der Waals surface area (Å²) in [6, 6.07) is 17.5. The standard InChI is InChI=1S/C16H26N2.C9H12.C2H6.CH4/c1-13(2)15-5-6-16(14(3)11-15)12-18-9-7-17(4)8-10-18;1-8(2)9-6-4-3-5-7-9;1-2;/h5-6,11,13H,7-10,12H2,1-4H3;3-8H,1-2H3;1-2H3;1H4. The van der Waals surface area contributed by atoms with E-state index in [0.717, 1.165) is 6.54 Å². The van der Waals surface area contributed by atoms with Crippen LogP contribution in [0.5, 0.6) is 0 Å². The molecule has 0 atom stereocenters. The van der Waals surface area contributed by atoms with Gasteiger partial charge in [0, 0.05) is 32.7 Å². The topological polar surface area (TPSA) is 6.48 Å². The molecule has 2 aromatic carbocycles. The van der Waals surface area contributed by atoms with Crippen LogP contribution in [0.25, 0.3) is 0 Å². The van der Waals surface area contributed by atoms with Crippen LogP contribution in [0.1, 0.15) is 83.1 Å². The highest BCUT2D eigenvalue weighted by atomic mass is 15.2. The summed E-state index contributed by atoms with van der Waals surface area (Å²) in [5, 5.41) is 0. The fourth-order valence-corrected chi connectivity index (χ4v) is 3.34. The van der Waals surface area contributed by atoms with E-state index >= 15 is 0 Å². The monoisotopic (exact) mass is 412 g/mol. The number of hydrogen-bond acceptors (Lipinski definition) is 2. The predicted octanol–water partition coefficient (Wildman–Crippen LogP) is 7.34. The zero-order valence-corrected chi connectivity index (χ0v) is 20.2. The average Bonchev–Trinajstić information content (AvgIpc) is 2.73. The Morgan fingerprint density at radius 1 is 0.767 bits per heavy atom. The Morgan fingerprint density at radius 2 is 1.30 bits per heavy atom. The van der Waals surface area contributed by atoms with Crippen LogP contribution in [0, 0.1) is 6.92 Å². The number of likely N-dealkylation sites (N-methyl/N-ethyl adjacent to an activating group) is 1. The van der Waals surface area contributed by atoms with Gasteiger partial charge in [0.1, 0.15) is 0 Å². The van der Waals surface area contributed by atoms with Crippen LogP contribution in [0.15, 0.2) is 48.5 Å². The van der Waals surface area contributed by atoms with Crippen molar-refractivity contribution in [2.24, 2.45) is 0 Å².